The molecule has 0 aromatic rings. The van der Waals surface area contributed by atoms with E-state index >= 15 is 0 Å². The summed E-state index contributed by atoms with van der Waals surface area (Å²) in [5.41, 5.74) is 0. The fourth-order valence-corrected chi connectivity index (χ4v) is 2.62. The largest absolute Gasteiger partial charge is 0.478 e. The lowest BCUT2D eigenvalue weighted by molar-refractivity contribution is 0.294. The van der Waals surface area contributed by atoms with E-state index < -0.39 is 0 Å². The lowest BCUT2D eigenvalue weighted by atomic mass is 10.0. The minimum atomic E-state index is 0.427. The van der Waals surface area contributed by atoms with Crippen LogP contribution in [0.2, 0.25) is 0 Å². The van der Waals surface area contributed by atoms with Crippen molar-refractivity contribution >= 4 is 5.90 Å². The Bertz CT molecular complexity index is 250. The van der Waals surface area contributed by atoms with E-state index in [1.807, 2.05) is 0 Å². The number of hydrogen-bond acceptors (Lipinski definition) is 2. The molecule has 2 heteroatoms. The van der Waals surface area contributed by atoms with Gasteiger partial charge in [0.1, 0.15) is 6.61 Å². The maximum Gasteiger partial charge on any atom is 0.186 e. The summed E-state index contributed by atoms with van der Waals surface area (Å²) in [6.07, 6.45) is 13.5. The molecule has 0 amide bonds. The third kappa shape index (κ3) is 6.98. The standard InChI is InChI=1S/C17H33NO/c1-4-6-7-8-9-10-11-12-13-15(3)17-18-16(5-2)14-19-17/h15-16H,4-14H2,1-3H3. The van der Waals surface area contributed by atoms with Crippen molar-refractivity contribution in [2.75, 3.05) is 6.61 Å². The first-order valence-electron chi connectivity index (χ1n) is 8.48. The summed E-state index contributed by atoms with van der Waals surface area (Å²) >= 11 is 0. The Morgan fingerprint density at radius 1 is 1.05 bits per heavy atom. The van der Waals surface area contributed by atoms with Crippen LogP contribution in [0.5, 0.6) is 0 Å². The predicted octanol–water partition coefficient (Wildman–Crippen LogP) is 5.36. The highest BCUT2D eigenvalue weighted by Crippen LogP contribution is 2.19. The van der Waals surface area contributed by atoms with E-state index in [2.05, 4.69) is 25.8 Å². The van der Waals surface area contributed by atoms with Gasteiger partial charge in [0.25, 0.3) is 0 Å². The quantitative estimate of drug-likeness (QED) is 0.462. The van der Waals surface area contributed by atoms with E-state index in [0.717, 1.165) is 18.9 Å². The maximum absolute atomic E-state index is 5.69. The molecule has 1 aliphatic rings. The van der Waals surface area contributed by atoms with Crippen LogP contribution in [-0.2, 0) is 4.74 Å². The molecule has 0 aromatic carbocycles. The van der Waals surface area contributed by atoms with E-state index in [9.17, 15) is 0 Å². The molecular formula is C17H33NO. The zero-order chi connectivity index (χ0) is 13.9. The summed E-state index contributed by atoms with van der Waals surface area (Å²) in [5.74, 6) is 1.55. The number of hydrogen-bond donors (Lipinski definition) is 0. The average molecular weight is 267 g/mol. The Hall–Kier alpha value is -0.530. The molecule has 0 fully saturated rings. The third-order valence-corrected chi connectivity index (χ3v) is 4.12. The van der Waals surface area contributed by atoms with Gasteiger partial charge in [-0.15, -0.1) is 0 Å². The van der Waals surface area contributed by atoms with Gasteiger partial charge < -0.3 is 4.74 Å². The van der Waals surface area contributed by atoms with Gasteiger partial charge in [-0.3, -0.25) is 0 Å². The van der Waals surface area contributed by atoms with Crippen molar-refractivity contribution < 1.29 is 4.74 Å². The molecule has 0 bridgehead atoms. The van der Waals surface area contributed by atoms with Gasteiger partial charge in [0, 0.05) is 5.92 Å². The normalized spacial score (nSPS) is 20.2. The molecule has 2 unspecified atom stereocenters. The van der Waals surface area contributed by atoms with Crippen LogP contribution in [0.4, 0.5) is 0 Å². The van der Waals surface area contributed by atoms with E-state index in [-0.39, 0.29) is 0 Å². The van der Waals surface area contributed by atoms with Crippen LogP contribution in [0.25, 0.3) is 0 Å². The van der Waals surface area contributed by atoms with Crippen molar-refractivity contribution in [3.63, 3.8) is 0 Å². The highest BCUT2D eigenvalue weighted by atomic mass is 16.5. The van der Waals surface area contributed by atoms with Crippen molar-refractivity contribution in [1.29, 1.82) is 0 Å². The van der Waals surface area contributed by atoms with Crippen molar-refractivity contribution in [3.8, 4) is 0 Å². The summed E-state index contributed by atoms with van der Waals surface area (Å²) in [6, 6.07) is 0.427. The van der Waals surface area contributed by atoms with E-state index in [4.69, 9.17) is 4.74 Å². The molecule has 0 aromatic heterocycles. The summed E-state index contributed by atoms with van der Waals surface area (Å²) in [5, 5.41) is 0. The van der Waals surface area contributed by atoms with Crippen LogP contribution in [-0.4, -0.2) is 18.5 Å². The van der Waals surface area contributed by atoms with E-state index in [0.29, 0.717) is 12.0 Å². The van der Waals surface area contributed by atoms with Gasteiger partial charge in [-0.25, -0.2) is 4.99 Å². The zero-order valence-corrected chi connectivity index (χ0v) is 13.3. The minimum absolute atomic E-state index is 0.427. The second kappa shape index (κ2) is 10.3. The molecule has 0 aliphatic carbocycles. The first kappa shape index (κ1) is 16.5. The van der Waals surface area contributed by atoms with Gasteiger partial charge in [-0.05, 0) is 12.8 Å². The second-order valence-electron chi connectivity index (χ2n) is 6.01. The summed E-state index contributed by atoms with van der Waals surface area (Å²) in [6.45, 7) is 7.54. The smallest absolute Gasteiger partial charge is 0.186 e. The van der Waals surface area contributed by atoms with Gasteiger partial charge in [-0.1, -0.05) is 72.1 Å². The molecule has 19 heavy (non-hydrogen) atoms. The minimum Gasteiger partial charge on any atom is -0.478 e. The SMILES string of the molecule is CCCCCCCCCCC(C)C1=NC(CC)CO1. The lowest BCUT2D eigenvalue weighted by Gasteiger charge is -2.10. The molecule has 1 aliphatic heterocycles. The van der Waals surface area contributed by atoms with Crippen LogP contribution >= 0.6 is 0 Å². The second-order valence-corrected chi connectivity index (χ2v) is 6.01. The molecule has 0 radical (unpaired) electrons. The summed E-state index contributed by atoms with van der Waals surface area (Å²) in [4.78, 5) is 4.65. The number of nitrogens with zero attached hydrogens (tertiary/aromatic N) is 1. The van der Waals surface area contributed by atoms with Gasteiger partial charge in [0.05, 0.1) is 6.04 Å². The topological polar surface area (TPSA) is 21.6 Å². The zero-order valence-electron chi connectivity index (χ0n) is 13.3. The molecule has 1 rings (SSSR count). The van der Waals surface area contributed by atoms with Gasteiger partial charge in [0.15, 0.2) is 5.90 Å². The summed E-state index contributed by atoms with van der Waals surface area (Å²) in [7, 11) is 0. The molecular weight excluding hydrogens is 234 g/mol. The Morgan fingerprint density at radius 3 is 2.26 bits per heavy atom. The van der Waals surface area contributed by atoms with Crippen molar-refractivity contribution in [2.45, 2.75) is 91.0 Å². The Morgan fingerprint density at radius 2 is 1.68 bits per heavy atom. The highest BCUT2D eigenvalue weighted by Gasteiger charge is 2.21. The Kier molecular flexibility index (Phi) is 8.94. The first-order chi connectivity index (χ1) is 9.27. The molecule has 1 heterocycles. The number of rotatable bonds is 11. The number of ether oxygens (including phenoxy) is 1. The fraction of sp³-hybridized carbons (Fsp3) is 0.941. The highest BCUT2D eigenvalue weighted by molar-refractivity contribution is 5.79. The van der Waals surface area contributed by atoms with Gasteiger partial charge in [-0.2, -0.15) is 0 Å². The van der Waals surface area contributed by atoms with Gasteiger partial charge in [0.2, 0.25) is 0 Å². The van der Waals surface area contributed by atoms with Crippen LogP contribution in [0.15, 0.2) is 4.99 Å². The summed E-state index contributed by atoms with van der Waals surface area (Å²) < 4.78 is 5.69. The molecule has 0 saturated carbocycles. The molecule has 0 spiro atoms. The van der Waals surface area contributed by atoms with Gasteiger partial charge >= 0.3 is 0 Å². The molecule has 0 saturated heterocycles. The van der Waals surface area contributed by atoms with Crippen molar-refractivity contribution in [1.82, 2.24) is 0 Å². The fourth-order valence-electron chi connectivity index (χ4n) is 2.62. The number of aliphatic imine (C=N–C) groups is 1. The lowest BCUT2D eigenvalue weighted by Crippen LogP contribution is -2.11. The van der Waals surface area contributed by atoms with Crippen molar-refractivity contribution in [2.24, 2.45) is 10.9 Å². The maximum atomic E-state index is 5.69. The van der Waals surface area contributed by atoms with Crippen LogP contribution < -0.4 is 0 Å². The van der Waals surface area contributed by atoms with Crippen LogP contribution in [0, 0.1) is 5.92 Å². The predicted molar refractivity (Wildman–Crippen MR) is 83.9 cm³/mol. The van der Waals surface area contributed by atoms with Crippen molar-refractivity contribution in [3.05, 3.63) is 0 Å². The van der Waals surface area contributed by atoms with Crippen LogP contribution in [0.3, 0.4) is 0 Å². The molecule has 0 N–H and O–H groups in total. The molecule has 2 nitrogen and oxygen atoms in total. The average Bonchev–Trinajstić information content (AvgIpc) is 2.90. The first-order valence-corrected chi connectivity index (χ1v) is 8.48. The Labute approximate surface area is 120 Å². The number of unbranched alkanes of at least 4 members (excludes halogenated alkanes) is 7. The third-order valence-electron chi connectivity index (χ3n) is 4.12. The monoisotopic (exact) mass is 267 g/mol. The van der Waals surface area contributed by atoms with Crippen LogP contribution in [0.1, 0.15) is 85.0 Å². The molecule has 112 valence electrons. The Balaban J connectivity index is 1.97. The van der Waals surface area contributed by atoms with E-state index in [1.54, 1.807) is 0 Å². The van der Waals surface area contributed by atoms with E-state index in [1.165, 1.54) is 57.8 Å². The molecule has 2 atom stereocenters.